The van der Waals surface area contributed by atoms with Gasteiger partial charge >= 0.3 is 51.4 Å². The van der Waals surface area contributed by atoms with Crippen LogP contribution < -0.4 is 56.1 Å². The van der Waals surface area contributed by atoms with Gasteiger partial charge in [-0.1, -0.05) is 12.1 Å². The minimum absolute atomic E-state index is 0. The first-order valence-corrected chi connectivity index (χ1v) is 4.05. The zero-order valence-corrected chi connectivity index (χ0v) is 10.9. The van der Waals surface area contributed by atoms with E-state index in [1.54, 1.807) is 18.2 Å². The van der Waals surface area contributed by atoms with E-state index in [-0.39, 0.29) is 56.3 Å². The zero-order valence-electron chi connectivity index (χ0n) is 6.94. The second kappa shape index (κ2) is 6.26. The molecule has 5 heteroatoms. The summed E-state index contributed by atoms with van der Waals surface area (Å²) in [5.74, 6) is 0.376. The smallest absolute Gasteiger partial charge is 0.768 e. The van der Waals surface area contributed by atoms with E-state index in [9.17, 15) is 8.76 Å². The van der Waals surface area contributed by atoms with Crippen LogP contribution in [0.5, 0.6) is 5.75 Å². The SMILES string of the molecule is COc1ccccc1S(=O)[O-].[K+]. The maximum absolute atomic E-state index is 10.5. The first kappa shape index (κ1) is 12.8. The monoisotopic (exact) mass is 210 g/mol. The molecule has 1 aromatic carbocycles. The quantitative estimate of drug-likeness (QED) is 0.416. The van der Waals surface area contributed by atoms with Gasteiger partial charge in [0.05, 0.1) is 12.0 Å². The molecule has 0 bridgehead atoms. The third kappa shape index (κ3) is 3.25. The Morgan fingerprint density at radius 1 is 1.42 bits per heavy atom. The Bertz CT molecular complexity index is 277. The van der Waals surface area contributed by atoms with E-state index in [4.69, 9.17) is 4.74 Å². The van der Waals surface area contributed by atoms with E-state index < -0.39 is 11.1 Å². The van der Waals surface area contributed by atoms with Crippen molar-refractivity contribution >= 4 is 11.1 Å². The number of para-hydroxylation sites is 1. The Hall–Kier alpha value is 0.766. The second-order valence-corrected chi connectivity index (χ2v) is 2.79. The topological polar surface area (TPSA) is 49.4 Å². The zero-order chi connectivity index (χ0) is 8.27. The van der Waals surface area contributed by atoms with Crippen molar-refractivity contribution in [1.82, 2.24) is 0 Å². The summed E-state index contributed by atoms with van der Waals surface area (Å²) in [5.41, 5.74) is 0. The molecule has 0 amide bonds. The number of ether oxygens (including phenoxy) is 1. The van der Waals surface area contributed by atoms with Gasteiger partial charge in [-0.15, -0.1) is 0 Å². The van der Waals surface area contributed by atoms with Gasteiger partial charge in [-0.25, -0.2) is 0 Å². The average molecular weight is 210 g/mol. The summed E-state index contributed by atoms with van der Waals surface area (Å²) in [6.45, 7) is 0. The molecule has 0 aliphatic rings. The third-order valence-corrected chi connectivity index (χ3v) is 1.95. The molecule has 1 atom stereocenters. The minimum atomic E-state index is -2.22. The van der Waals surface area contributed by atoms with Gasteiger partial charge < -0.3 is 9.29 Å². The summed E-state index contributed by atoms with van der Waals surface area (Å²) < 4.78 is 25.8. The van der Waals surface area contributed by atoms with Crippen LogP contribution in [0.1, 0.15) is 0 Å². The molecule has 0 radical (unpaired) electrons. The number of hydrogen-bond donors (Lipinski definition) is 0. The second-order valence-electron chi connectivity index (χ2n) is 1.89. The summed E-state index contributed by atoms with van der Waals surface area (Å²) in [6.07, 6.45) is 0. The molecule has 0 heterocycles. The Kier molecular flexibility index (Phi) is 6.65. The first-order valence-electron chi connectivity index (χ1n) is 2.98. The standard InChI is InChI=1S/C7H8O3S.K/c1-10-6-4-2-3-5-7(6)11(8)9;/h2-5H,1H3,(H,8,9);/q;+1/p-1. The fourth-order valence-electron chi connectivity index (χ4n) is 0.756. The molecule has 0 fully saturated rings. The van der Waals surface area contributed by atoms with Gasteiger partial charge in [0.15, 0.2) is 0 Å². The van der Waals surface area contributed by atoms with Crippen molar-refractivity contribution in [3.63, 3.8) is 0 Å². The van der Waals surface area contributed by atoms with Gasteiger partial charge in [0, 0.05) is 0 Å². The number of methoxy groups -OCH3 is 1. The predicted molar refractivity (Wildman–Crippen MR) is 40.2 cm³/mol. The van der Waals surface area contributed by atoms with Crippen LogP contribution in [0.4, 0.5) is 0 Å². The van der Waals surface area contributed by atoms with Crippen molar-refractivity contribution in [3.05, 3.63) is 24.3 Å². The molecule has 12 heavy (non-hydrogen) atoms. The molecule has 60 valence electrons. The molecule has 1 aromatic rings. The summed E-state index contributed by atoms with van der Waals surface area (Å²) in [7, 11) is 1.44. The minimum Gasteiger partial charge on any atom is -0.768 e. The van der Waals surface area contributed by atoms with Crippen molar-refractivity contribution < 1.29 is 64.9 Å². The van der Waals surface area contributed by atoms with Crippen molar-refractivity contribution in [3.8, 4) is 5.75 Å². The molecular weight excluding hydrogens is 203 g/mol. The van der Waals surface area contributed by atoms with Crippen molar-refractivity contribution in [2.45, 2.75) is 4.90 Å². The van der Waals surface area contributed by atoms with E-state index >= 15 is 0 Å². The van der Waals surface area contributed by atoms with Crippen LogP contribution in [-0.4, -0.2) is 15.9 Å². The molecule has 1 rings (SSSR count). The van der Waals surface area contributed by atoms with E-state index in [0.717, 1.165) is 0 Å². The van der Waals surface area contributed by atoms with Crippen LogP contribution in [0, 0.1) is 0 Å². The molecule has 3 nitrogen and oxygen atoms in total. The van der Waals surface area contributed by atoms with Crippen LogP contribution >= 0.6 is 0 Å². The Morgan fingerprint density at radius 2 is 2.00 bits per heavy atom. The summed E-state index contributed by atoms with van der Waals surface area (Å²) in [4.78, 5) is 0.190. The molecule has 0 aliphatic carbocycles. The van der Waals surface area contributed by atoms with Gasteiger partial charge in [0.25, 0.3) is 0 Å². The Balaban J connectivity index is 0.00000121. The molecular formula is C7H7KO3S. The number of rotatable bonds is 2. The molecule has 0 saturated heterocycles. The van der Waals surface area contributed by atoms with Crippen LogP contribution in [0.2, 0.25) is 0 Å². The van der Waals surface area contributed by atoms with Crippen LogP contribution in [0.25, 0.3) is 0 Å². The van der Waals surface area contributed by atoms with Crippen molar-refractivity contribution in [2.24, 2.45) is 0 Å². The van der Waals surface area contributed by atoms with Crippen molar-refractivity contribution in [2.75, 3.05) is 7.11 Å². The molecule has 0 saturated carbocycles. The summed E-state index contributed by atoms with van der Waals surface area (Å²) in [5, 5.41) is 0. The predicted octanol–water partition coefficient (Wildman–Crippen LogP) is -2.06. The average Bonchev–Trinajstić information content (AvgIpc) is 2.04. The third-order valence-electron chi connectivity index (χ3n) is 1.25. The van der Waals surface area contributed by atoms with Gasteiger partial charge in [0.1, 0.15) is 5.75 Å². The normalized spacial score (nSPS) is 11.5. The maximum Gasteiger partial charge on any atom is 1.00 e. The van der Waals surface area contributed by atoms with Crippen LogP contribution in [0.3, 0.4) is 0 Å². The van der Waals surface area contributed by atoms with Gasteiger partial charge in [-0.3, -0.25) is 4.21 Å². The van der Waals surface area contributed by atoms with E-state index in [1.165, 1.54) is 13.2 Å². The maximum atomic E-state index is 10.5. The summed E-state index contributed by atoms with van der Waals surface area (Å²) in [6, 6.07) is 6.45. The van der Waals surface area contributed by atoms with E-state index in [2.05, 4.69) is 0 Å². The van der Waals surface area contributed by atoms with Gasteiger partial charge in [-0.05, 0) is 23.2 Å². The van der Waals surface area contributed by atoms with Gasteiger partial charge in [-0.2, -0.15) is 0 Å². The fraction of sp³-hybridized carbons (Fsp3) is 0.143. The summed E-state index contributed by atoms with van der Waals surface area (Å²) >= 11 is -2.22. The van der Waals surface area contributed by atoms with Crippen LogP contribution in [0.15, 0.2) is 29.2 Å². The molecule has 1 unspecified atom stereocenters. The van der Waals surface area contributed by atoms with E-state index in [0.29, 0.717) is 5.75 Å². The molecule has 0 aliphatic heterocycles. The van der Waals surface area contributed by atoms with E-state index in [1.807, 2.05) is 0 Å². The van der Waals surface area contributed by atoms with Gasteiger partial charge in [0.2, 0.25) is 0 Å². The Morgan fingerprint density at radius 3 is 2.42 bits per heavy atom. The fourth-order valence-corrected chi connectivity index (χ4v) is 1.26. The largest absolute Gasteiger partial charge is 1.00 e. The molecule has 0 spiro atoms. The van der Waals surface area contributed by atoms with Crippen molar-refractivity contribution in [1.29, 1.82) is 0 Å². The molecule has 0 N–H and O–H groups in total. The van der Waals surface area contributed by atoms with Crippen LogP contribution in [-0.2, 0) is 11.1 Å². The molecule has 0 aromatic heterocycles. The number of benzene rings is 1. The number of hydrogen-bond acceptors (Lipinski definition) is 3. The first-order chi connectivity index (χ1) is 5.25. The Labute approximate surface area is 116 Å².